The van der Waals surface area contributed by atoms with Crippen LogP contribution >= 0.6 is 11.6 Å². The molecule has 0 saturated heterocycles. The highest BCUT2D eigenvalue weighted by Gasteiger charge is 2.12. The van der Waals surface area contributed by atoms with E-state index in [0.717, 1.165) is 11.1 Å². The minimum atomic E-state index is -0.194. The van der Waals surface area contributed by atoms with Gasteiger partial charge >= 0.3 is 0 Å². The first-order chi connectivity index (χ1) is 10.5. The second kappa shape index (κ2) is 7.23. The van der Waals surface area contributed by atoms with Crippen molar-refractivity contribution in [2.45, 2.75) is 26.7 Å². The maximum atomic E-state index is 12.2. The third-order valence-corrected chi connectivity index (χ3v) is 3.62. The molecule has 0 aliphatic carbocycles. The SMILES string of the molecule is Cc1ccc(C)c(C(=O)CCC(=O)Nc2cccc(Cl)c2)c1. The number of anilines is 1. The van der Waals surface area contributed by atoms with Gasteiger partial charge in [0.15, 0.2) is 5.78 Å². The second-order valence-corrected chi connectivity index (χ2v) is 5.74. The first kappa shape index (κ1) is 16.2. The summed E-state index contributed by atoms with van der Waals surface area (Å²) in [6.45, 7) is 3.85. The predicted molar refractivity (Wildman–Crippen MR) is 89.6 cm³/mol. The van der Waals surface area contributed by atoms with Gasteiger partial charge in [-0.05, 0) is 43.7 Å². The average molecular weight is 316 g/mol. The Kier molecular flexibility index (Phi) is 5.34. The van der Waals surface area contributed by atoms with E-state index in [-0.39, 0.29) is 24.5 Å². The number of Topliss-reactive ketones (excluding diaryl/α,β-unsaturated/α-hetero) is 1. The van der Waals surface area contributed by atoms with Crippen molar-refractivity contribution in [3.63, 3.8) is 0 Å². The fourth-order valence-corrected chi connectivity index (χ4v) is 2.38. The summed E-state index contributed by atoms with van der Waals surface area (Å²) in [5, 5.41) is 3.30. The van der Waals surface area contributed by atoms with Crippen LogP contribution in [0.5, 0.6) is 0 Å². The van der Waals surface area contributed by atoms with Crippen molar-refractivity contribution in [1.29, 1.82) is 0 Å². The second-order valence-electron chi connectivity index (χ2n) is 5.30. The number of halogens is 1. The Balaban J connectivity index is 1.93. The van der Waals surface area contributed by atoms with Gasteiger partial charge < -0.3 is 5.32 Å². The van der Waals surface area contributed by atoms with Gasteiger partial charge in [0, 0.05) is 29.1 Å². The third-order valence-electron chi connectivity index (χ3n) is 3.38. The van der Waals surface area contributed by atoms with Crippen molar-refractivity contribution in [3.8, 4) is 0 Å². The fraction of sp³-hybridized carbons (Fsp3) is 0.222. The number of amides is 1. The molecule has 0 saturated carbocycles. The normalized spacial score (nSPS) is 10.3. The molecule has 2 rings (SSSR count). The summed E-state index contributed by atoms with van der Waals surface area (Å²) in [7, 11) is 0. The van der Waals surface area contributed by atoms with Gasteiger partial charge in [-0.15, -0.1) is 0 Å². The molecule has 2 aromatic carbocycles. The molecule has 0 atom stereocenters. The summed E-state index contributed by atoms with van der Waals surface area (Å²) >= 11 is 5.86. The summed E-state index contributed by atoms with van der Waals surface area (Å²) in [4.78, 5) is 24.1. The molecule has 0 bridgehead atoms. The van der Waals surface area contributed by atoms with Crippen molar-refractivity contribution in [1.82, 2.24) is 0 Å². The van der Waals surface area contributed by atoms with E-state index in [2.05, 4.69) is 5.32 Å². The highest BCUT2D eigenvalue weighted by atomic mass is 35.5. The van der Waals surface area contributed by atoms with Crippen LogP contribution in [0.3, 0.4) is 0 Å². The summed E-state index contributed by atoms with van der Waals surface area (Å²) in [5.41, 5.74) is 3.30. The summed E-state index contributed by atoms with van der Waals surface area (Å²) in [6.07, 6.45) is 0.343. The number of rotatable bonds is 5. The number of carbonyl (C=O) groups excluding carboxylic acids is 2. The molecule has 0 unspecified atom stereocenters. The number of hydrogen-bond donors (Lipinski definition) is 1. The number of carbonyl (C=O) groups is 2. The van der Waals surface area contributed by atoms with Crippen LogP contribution in [0.1, 0.15) is 34.3 Å². The molecule has 0 aliphatic heterocycles. The molecule has 4 heteroatoms. The van der Waals surface area contributed by atoms with Crippen LogP contribution in [-0.4, -0.2) is 11.7 Å². The largest absolute Gasteiger partial charge is 0.326 e. The molecule has 0 aliphatic rings. The fourth-order valence-electron chi connectivity index (χ4n) is 2.19. The van der Waals surface area contributed by atoms with E-state index in [9.17, 15) is 9.59 Å². The molecule has 0 heterocycles. The molecular formula is C18H18ClNO2. The molecule has 0 aromatic heterocycles. The highest BCUT2D eigenvalue weighted by Crippen LogP contribution is 2.16. The van der Waals surface area contributed by atoms with Crippen LogP contribution in [0.2, 0.25) is 5.02 Å². The molecule has 1 N–H and O–H groups in total. The molecule has 0 fully saturated rings. The Morgan fingerprint density at radius 2 is 1.82 bits per heavy atom. The van der Waals surface area contributed by atoms with E-state index in [1.807, 2.05) is 32.0 Å². The van der Waals surface area contributed by atoms with Crippen LogP contribution < -0.4 is 5.32 Å². The maximum Gasteiger partial charge on any atom is 0.224 e. The molecule has 114 valence electrons. The first-order valence-electron chi connectivity index (χ1n) is 7.11. The Morgan fingerprint density at radius 1 is 1.05 bits per heavy atom. The Hall–Kier alpha value is -2.13. The van der Waals surface area contributed by atoms with Gasteiger partial charge in [-0.2, -0.15) is 0 Å². The zero-order valence-electron chi connectivity index (χ0n) is 12.7. The zero-order chi connectivity index (χ0) is 16.1. The van der Waals surface area contributed by atoms with Crippen LogP contribution in [-0.2, 0) is 4.79 Å². The molecule has 3 nitrogen and oxygen atoms in total. The van der Waals surface area contributed by atoms with Crippen LogP contribution in [0.25, 0.3) is 0 Å². The van der Waals surface area contributed by atoms with Crippen molar-refractivity contribution in [2.24, 2.45) is 0 Å². The number of ketones is 1. The average Bonchev–Trinajstić information content (AvgIpc) is 2.47. The van der Waals surface area contributed by atoms with E-state index < -0.39 is 0 Å². The van der Waals surface area contributed by atoms with E-state index in [1.54, 1.807) is 24.3 Å². The minimum Gasteiger partial charge on any atom is -0.326 e. The van der Waals surface area contributed by atoms with Crippen LogP contribution in [0.4, 0.5) is 5.69 Å². The van der Waals surface area contributed by atoms with Crippen molar-refractivity contribution < 1.29 is 9.59 Å². The van der Waals surface area contributed by atoms with Gasteiger partial charge in [0.05, 0.1) is 0 Å². The van der Waals surface area contributed by atoms with Gasteiger partial charge in [-0.3, -0.25) is 9.59 Å². The molecule has 22 heavy (non-hydrogen) atoms. The summed E-state index contributed by atoms with van der Waals surface area (Å²) < 4.78 is 0. The molecule has 0 spiro atoms. The van der Waals surface area contributed by atoms with E-state index >= 15 is 0 Å². The predicted octanol–water partition coefficient (Wildman–Crippen LogP) is 4.56. The maximum absolute atomic E-state index is 12.2. The minimum absolute atomic E-state index is 0.0116. The van der Waals surface area contributed by atoms with E-state index in [4.69, 9.17) is 11.6 Å². The van der Waals surface area contributed by atoms with Crippen LogP contribution in [0, 0.1) is 13.8 Å². The number of hydrogen-bond acceptors (Lipinski definition) is 2. The van der Waals surface area contributed by atoms with Gasteiger partial charge in [-0.25, -0.2) is 0 Å². The van der Waals surface area contributed by atoms with Gasteiger partial charge in [0.2, 0.25) is 5.91 Å². The smallest absolute Gasteiger partial charge is 0.224 e. The van der Waals surface area contributed by atoms with Crippen molar-refractivity contribution >= 4 is 29.0 Å². The zero-order valence-corrected chi connectivity index (χ0v) is 13.4. The van der Waals surface area contributed by atoms with Crippen LogP contribution in [0.15, 0.2) is 42.5 Å². The first-order valence-corrected chi connectivity index (χ1v) is 7.49. The lowest BCUT2D eigenvalue weighted by atomic mass is 9.99. The standard InChI is InChI=1S/C18H18ClNO2/c1-12-6-7-13(2)16(10-12)17(21)8-9-18(22)20-15-5-3-4-14(19)11-15/h3-7,10-11H,8-9H2,1-2H3,(H,20,22). The van der Waals surface area contributed by atoms with Crippen molar-refractivity contribution in [2.75, 3.05) is 5.32 Å². The lowest BCUT2D eigenvalue weighted by Crippen LogP contribution is -2.14. The molecule has 0 radical (unpaired) electrons. The highest BCUT2D eigenvalue weighted by molar-refractivity contribution is 6.30. The number of aryl methyl sites for hydroxylation is 2. The van der Waals surface area contributed by atoms with Gasteiger partial charge in [-0.1, -0.05) is 35.4 Å². The van der Waals surface area contributed by atoms with E-state index in [1.165, 1.54) is 0 Å². The van der Waals surface area contributed by atoms with Gasteiger partial charge in [0.1, 0.15) is 0 Å². The lowest BCUT2D eigenvalue weighted by Gasteiger charge is -2.07. The third kappa shape index (κ3) is 4.43. The Labute approximate surface area is 135 Å². The topological polar surface area (TPSA) is 46.2 Å². The quantitative estimate of drug-likeness (QED) is 0.822. The molecule has 1 amide bonds. The Morgan fingerprint density at radius 3 is 2.55 bits per heavy atom. The number of benzene rings is 2. The lowest BCUT2D eigenvalue weighted by molar-refractivity contribution is -0.116. The summed E-state index contributed by atoms with van der Waals surface area (Å²) in [6, 6.07) is 12.7. The van der Waals surface area contributed by atoms with Gasteiger partial charge in [0.25, 0.3) is 0 Å². The molecule has 2 aromatic rings. The van der Waals surface area contributed by atoms with E-state index in [0.29, 0.717) is 16.3 Å². The Bertz CT molecular complexity index is 710. The number of nitrogens with one attached hydrogen (secondary N) is 1. The van der Waals surface area contributed by atoms with Crippen molar-refractivity contribution in [3.05, 3.63) is 64.2 Å². The molecular weight excluding hydrogens is 298 g/mol. The summed E-state index contributed by atoms with van der Waals surface area (Å²) in [5.74, 6) is -0.205. The monoisotopic (exact) mass is 315 g/mol.